The van der Waals surface area contributed by atoms with Gasteiger partial charge in [0.25, 0.3) is 0 Å². The highest BCUT2D eigenvalue weighted by Gasteiger charge is 2.30. The van der Waals surface area contributed by atoms with Gasteiger partial charge >= 0.3 is 0 Å². The molecule has 0 aliphatic heterocycles. The Bertz CT molecular complexity index is 366. The number of nitrogens with zero attached hydrogens (tertiary/aromatic N) is 1. The van der Waals surface area contributed by atoms with Crippen LogP contribution in [-0.2, 0) is 0 Å². The van der Waals surface area contributed by atoms with Crippen molar-refractivity contribution in [1.29, 1.82) is 0 Å². The first-order valence-corrected chi connectivity index (χ1v) is 6.09. The number of Topliss-reactive ketones (excluding diaryl/α,β-unsaturated/α-hetero) is 1. The summed E-state index contributed by atoms with van der Waals surface area (Å²) in [4.78, 5) is 13.5. The maximum Gasteiger partial charge on any atom is 0.196 e. The summed E-state index contributed by atoms with van der Waals surface area (Å²) in [5, 5.41) is 0. The lowest BCUT2D eigenvalue weighted by Gasteiger charge is -2.21. The van der Waals surface area contributed by atoms with E-state index in [2.05, 4.69) is 11.8 Å². The van der Waals surface area contributed by atoms with Gasteiger partial charge in [-0.15, -0.1) is 0 Å². The van der Waals surface area contributed by atoms with Gasteiger partial charge in [0, 0.05) is 25.6 Å². The van der Waals surface area contributed by atoms with E-state index >= 15 is 0 Å². The molecular formula is C13H19NO2. The summed E-state index contributed by atoms with van der Waals surface area (Å²) >= 11 is 0. The van der Waals surface area contributed by atoms with Crippen molar-refractivity contribution in [2.75, 3.05) is 11.4 Å². The molecule has 0 atom stereocenters. The van der Waals surface area contributed by atoms with Gasteiger partial charge in [-0.25, -0.2) is 0 Å². The van der Waals surface area contributed by atoms with E-state index in [9.17, 15) is 4.79 Å². The smallest absolute Gasteiger partial charge is 0.196 e. The normalized spacial score (nSPS) is 15.1. The Hall–Kier alpha value is -1.25. The molecule has 1 aliphatic rings. The lowest BCUT2D eigenvalue weighted by molar-refractivity contribution is 0.0987. The summed E-state index contributed by atoms with van der Waals surface area (Å²) in [5.74, 6) is 1.33. The number of hydrogen-bond donors (Lipinski definition) is 0. The summed E-state index contributed by atoms with van der Waals surface area (Å²) in [5.41, 5.74) is 0. The third-order valence-electron chi connectivity index (χ3n) is 2.96. The van der Waals surface area contributed by atoms with Crippen LogP contribution >= 0.6 is 0 Å². The molecule has 3 heteroatoms. The molecule has 0 N–H and O–H groups in total. The first-order chi connectivity index (χ1) is 7.72. The second kappa shape index (κ2) is 4.73. The van der Waals surface area contributed by atoms with Gasteiger partial charge in [-0.2, -0.15) is 0 Å². The van der Waals surface area contributed by atoms with E-state index in [0.29, 0.717) is 11.8 Å². The second-order valence-electron chi connectivity index (χ2n) is 4.47. The van der Waals surface area contributed by atoms with E-state index in [1.54, 1.807) is 6.07 Å². The number of furan rings is 1. The zero-order valence-corrected chi connectivity index (χ0v) is 10.0. The van der Waals surface area contributed by atoms with Gasteiger partial charge in [-0.05, 0) is 25.3 Å². The predicted molar refractivity (Wildman–Crippen MR) is 64.0 cm³/mol. The summed E-state index contributed by atoms with van der Waals surface area (Å²) < 4.78 is 5.58. The fourth-order valence-electron chi connectivity index (χ4n) is 1.86. The average molecular weight is 221 g/mol. The molecule has 3 nitrogen and oxygen atoms in total. The van der Waals surface area contributed by atoms with Crippen molar-refractivity contribution in [2.45, 2.75) is 45.6 Å². The Morgan fingerprint density at radius 3 is 2.75 bits per heavy atom. The number of carbonyl (C=O) groups is 1. The van der Waals surface area contributed by atoms with Gasteiger partial charge in [0.05, 0.1) is 0 Å². The molecule has 0 saturated heterocycles. The third kappa shape index (κ3) is 2.46. The van der Waals surface area contributed by atoms with E-state index in [1.165, 1.54) is 32.6 Å². The van der Waals surface area contributed by atoms with Crippen LogP contribution in [0.1, 0.15) is 50.1 Å². The van der Waals surface area contributed by atoms with E-state index in [0.717, 1.165) is 12.4 Å². The predicted octanol–water partition coefficient (Wildman–Crippen LogP) is 3.25. The molecule has 1 aromatic heterocycles. The SMILES string of the molecule is CCCCN(c1ccc(C(C)=O)o1)C1CC1. The maximum atomic E-state index is 11.2. The van der Waals surface area contributed by atoms with Crippen LogP contribution < -0.4 is 4.90 Å². The number of carbonyl (C=O) groups excluding carboxylic acids is 1. The molecule has 88 valence electrons. The standard InChI is InChI=1S/C13H19NO2/c1-3-4-9-14(11-5-6-11)13-8-7-12(16-13)10(2)15/h7-8,11H,3-6,9H2,1-2H3. The van der Waals surface area contributed by atoms with Gasteiger partial charge in [-0.1, -0.05) is 13.3 Å². The van der Waals surface area contributed by atoms with Crippen molar-refractivity contribution in [3.8, 4) is 0 Å². The van der Waals surface area contributed by atoms with Gasteiger partial charge in [0.15, 0.2) is 17.4 Å². The lowest BCUT2D eigenvalue weighted by atomic mass is 10.3. The van der Waals surface area contributed by atoms with Crippen molar-refractivity contribution in [3.63, 3.8) is 0 Å². The molecule has 16 heavy (non-hydrogen) atoms. The highest BCUT2D eigenvalue weighted by atomic mass is 16.4. The fraction of sp³-hybridized carbons (Fsp3) is 0.615. The quantitative estimate of drug-likeness (QED) is 0.691. The fourth-order valence-corrected chi connectivity index (χ4v) is 1.86. The first-order valence-electron chi connectivity index (χ1n) is 6.09. The molecule has 0 unspecified atom stereocenters. The van der Waals surface area contributed by atoms with Crippen LogP contribution in [0.5, 0.6) is 0 Å². The number of rotatable bonds is 6. The van der Waals surface area contributed by atoms with E-state index in [-0.39, 0.29) is 5.78 Å². The van der Waals surface area contributed by atoms with E-state index in [4.69, 9.17) is 4.42 Å². The maximum absolute atomic E-state index is 11.2. The second-order valence-corrected chi connectivity index (χ2v) is 4.47. The van der Waals surface area contributed by atoms with Crippen LogP contribution in [0.25, 0.3) is 0 Å². The number of hydrogen-bond acceptors (Lipinski definition) is 3. The van der Waals surface area contributed by atoms with E-state index in [1.807, 2.05) is 6.07 Å². The molecule has 1 aliphatic carbocycles. The zero-order valence-electron chi connectivity index (χ0n) is 10.0. The minimum absolute atomic E-state index is 0.00233. The lowest BCUT2D eigenvalue weighted by Crippen LogP contribution is -2.26. The molecule has 0 spiro atoms. The number of unbranched alkanes of at least 4 members (excludes halogenated alkanes) is 1. The Morgan fingerprint density at radius 1 is 1.50 bits per heavy atom. The average Bonchev–Trinajstić information content (AvgIpc) is 2.96. The van der Waals surface area contributed by atoms with Crippen molar-refractivity contribution < 1.29 is 9.21 Å². The van der Waals surface area contributed by atoms with Crippen molar-refractivity contribution in [2.24, 2.45) is 0 Å². The molecule has 0 bridgehead atoms. The largest absolute Gasteiger partial charge is 0.437 e. The molecule has 1 aromatic rings. The molecule has 1 fully saturated rings. The van der Waals surface area contributed by atoms with Gasteiger partial charge < -0.3 is 9.32 Å². The highest BCUT2D eigenvalue weighted by Crippen LogP contribution is 2.33. The van der Waals surface area contributed by atoms with Crippen molar-refractivity contribution >= 4 is 11.7 Å². The monoisotopic (exact) mass is 221 g/mol. The molecule has 1 saturated carbocycles. The molecular weight excluding hydrogens is 202 g/mol. The Morgan fingerprint density at radius 2 is 2.25 bits per heavy atom. The molecule has 0 radical (unpaired) electrons. The van der Waals surface area contributed by atoms with Crippen LogP contribution in [-0.4, -0.2) is 18.4 Å². The van der Waals surface area contributed by atoms with Crippen LogP contribution in [0, 0.1) is 0 Å². The minimum Gasteiger partial charge on any atom is -0.437 e. The summed E-state index contributed by atoms with van der Waals surface area (Å²) in [6, 6.07) is 4.33. The first kappa shape index (κ1) is 11.2. The van der Waals surface area contributed by atoms with Gasteiger partial charge in [0.1, 0.15) is 0 Å². The van der Waals surface area contributed by atoms with Crippen LogP contribution in [0.2, 0.25) is 0 Å². The minimum atomic E-state index is -0.00233. The summed E-state index contributed by atoms with van der Waals surface area (Å²) in [7, 11) is 0. The van der Waals surface area contributed by atoms with Crippen molar-refractivity contribution in [3.05, 3.63) is 17.9 Å². The van der Waals surface area contributed by atoms with Crippen LogP contribution in [0.4, 0.5) is 5.88 Å². The molecule has 2 rings (SSSR count). The zero-order chi connectivity index (χ0) is 11.5. The summed E-state index contributed by atoms with van der Waals surface area (Å²) in [6.07, 6.45) is 4.86. The van der Waals surface area contributed by atoms with E-state index < -0.39 is 0 Å². The third-order valence-corrected chi connectivity index (χ3v) is 2.96. The van der Waals surface area contributed by atoms with Gasteiger partial charge in [0.2, 0.25) is 0 Å². The molecule has 0 amide bonds. The number of anilines is 1. The highest BCUT2D eigenvalue weighted by molar-refractivity contribution is 5.91. The van der Waals surface area contributed by atoms with Crippen LogP contribution in [0.15, 0.2) is 16.5 Å². The topological polar surface area (TPSA) is 33.5 Å². The molecule has 1 heterocycles. The van der Waals surface area contributed by atoms with Crippen molar-refractivity contribution in [1.82, 2.24) is 0 Å². The number of ketones is 1. The summed E-state index contributed by atoms with van der Waals surface area (Å²) in [6.45, 7) is 4.76. The van der Waals surface area contributed by atoms with Crippen LogP contribution in [0.3, 0.4) is 0 Å². The Labute approximate surface area is 96.4 Å². The Kier molecular flexibility index (Phi) is 3.32. The molecule has 0 aromatic carbocycles. The Balaban J connectivity index is 2.08. The van der Waals surface area contributed by atoms with Gasteiger partial charge in [-0.3, -0.25) is 4.79 Å².